The predicted molar refractivity (Wildman–Crippen MR) is 341 cm³/mol. The van der Waals surface area contributed by atoms with Crippen LogP contribution in [-0.2, 0) is 33.2 Å². The van der Waals surface area contributed by atoms with Crippen molar-refractivity contribution in [3.8, 4) is 0 Å². The molecule has 3 saturated heterocycles. The average Bonchev–Trinajstić information content (AvgIpc) is 3.72. The highest BCUT2D eigenvalue weighted by Crippen LogP contribution is 2.33. The Morgan fingerprint density at radius 1 is 0.420 bits per heavy atom. The topological polar surface area (TPSA) is 307 Å². The summed E-state index contributed by atoms with van der Waals surface area (Å²) in [5, 5.41) is 120. The molecule has 0 spiro atoms. The van der Waals surface area contributed by atoms with Gasteiger partial charge in [-0.1, -0.05) is 207 Å². The minimum Gasteiger partial charge on any atom is -0.394 e. The number of amides is 1. The van der Waals surface area contributed by atoms with Gasteiger partial charge in [-0.25, -0.2) is 0 Å². The first-order valence-electron chi connectivity index (χ1n) is 33.5. The van der Waals surface area contributed by atoms with E-state index in [0.29, 0.717) is 19.3 Å². The molecule has 88 heavy (non-hydrogen) atoms. The lowest BCUT2D eigenvalue weighted by molar-refractivity contribution is -0.379. The van der Waals surface area contributed by atoms with Gasteiger partial charge in [0.05, 0.1) is 38.6 Å². The second-order valence-corrected chi connectivity index (χ2v) is 23.5. The normalized spacial score (nSPS) is 29.0. The Morgan fingerprint density at radius 2 is 0.795 bits per heavy atom. The van der Waals surface area contributed by atoms with E-state index in [1.54, 1.807) is 6.08 Å². The SMILES string of the molecule is CC/C=C\C/C=C\C/C=C\C/C=C\C/C=C\CCCC(=O)NC(COC1OC(CO)C(OC2OC(CO)C(OC3OC(CO)C(O)C(O)C3O)C(O)C2O)C(O)C1O)C(O)/C=C/CC/C=C/CC/C=C/CCCCCCCCCCCCCCCCCC. The molecule has 19 nitrogen and oxygen atoms in total. The van der Waals surface area contributed by atoms with Gasteiger partial charge in [0.15, 0.2) is 18.9 Å². The third-order valence-corrected chi connectivity index (χ3v) is 16.1. The van der Waals surface area contributed by atoms with Gasteiger partial charge < -0.3 is 89.9 Å². The Balaban J connectivity index is 1.49. The predicted octanol–water partition coefficient (Wildman–Crippen LogP) is 8.10. The standard InChI is InChI=1S/C69H117NO18/c1-3-5-7-9-11-13-15-17-19-21-22-23-24-25-26-27-28-29-31-32-34-36-38-40-42-44-46-53(74)52(70-57(75)47-45-43-41-39-37-35-33-30-20-18-16-14-12-10-8-6-4-2)51-83-67-63(81)60(78)65(55(49-72)85-67)88-69-64(82)61(79)66(56(50-73)86-69)87-68-62(80)59(77)58(76)54(48-71)84-68/h6,8,12,14,18,20,29,31,33,35-36,38-39,41,44,46,52-56,58-69,71-74,76-82H,3-5,7,9-11,13,15-17,19,21-28,30,32,34,37,40,42-43,45,47-51H2,1-2H3,(H,70,75)/b8-6-,14-12-,20-18-,31-29+,35-33-,38-36+,41-39-,46-44+. The summed E-state index contributed by atoms with van der Waals surface area (Å²) in [5.41, 5.74) is 0. The number of carbonyl (C=O) groups is 1. The van der Waals surface area contributed by atoms with Crippen molar-refractivity contribution >= 4 is 5.91 Å². The summed E-state index contributed by atoms with van der Waals surface area (Å²) in [7, 11) is 0. The maximum Gasteiger partial charge on any atom is 0.220 e. The van der Waals surface area contributed by atoms with Crippen molar-refractivity contribution in [2.75, 3.05) is 26.4 Å². The molecule has 3 rings (SSSR count). The first-order chi connectivity index (χ1) is 42.8. The summed E-state index contributed by atoms with van der Waals surface area (Å²) in [6, 6.07) is -1.03. The number of allylic oxidation sites excluding steroid dienone is 15. The first-order valence-corrected chi connectivity index (χ1v) is 33.5. The van der Waals surface area contributed by atoms with Crippen molar-refractivity contribution in [3.05, 3.63) is 97.2 Å². The molecule has 3 aliphatic heterocycles. The van der Waals surface area contributed by atoms with Crippen LogP contribution in [0.1, 0.15) is 200 Å². The number of rotatable bonds is 49. The molecule has 0 aromatic rings. The van der Waals surface area contributed by atoms with Crippen LogP contribution in [0, 0.1) is 0 Å². The molecule has 3 heterocycles. The van der Waals surface area contributed by atoms with Crippen molar-refractivity contribution in [1.29, 1.82) is 0 Å². The molecule has 17 atom stereocenters. The highest BCUT2D eigenvalue weighted by Gasteiger charge is 2.53. The van der Waals surface area contributed by atoms with Gasteiger partial charge in [-0.05, 0) is 83.5 Å². The largest absolute Gasteiger partial charge is 0.394 e. The van der Waals surface area contributed by atoms with Gasteiger partial charge >= 0.3 is 0 Å². The molecule has 0 aromatic heterocycles. The number of hydrogen-bond acceptors (Lipinski definition) is 18. The molecule has 0 radical (unpaired) electrons. The van der Waals surface area contributed by atoms with E-state index < -0.39 is 131 Å². The maximum atomic E-state index is 13.3. The number of aliphatic hydroxyl groups excluding tert-OH is 11. The average molecular weight is 1250 g/mol. The van der Waals surface area contributed by atoms with Crippen LogP contribution in [0.15, 0.2) is 97.2 Å². The number of unbranched alkanes of at least 4 members (excludes halogenated alkanes) is 19. The molecule has 0 saturated carbocycles. The molecular formula is C69H117NO18. The van der Waals surface area contributed by atoms with E-state index >= 15 is 0 Å². The zero-order valence-corrected chi connectivity index (χ0v) is 53.2. The number of nitrogens with one attached hydrogen (secondary N) is 1. The first kappa shape index (κ1) is 78.9. The summed E-state index contributed by atoms with van der Waals surface area (Å²) in [6.07, 6.45) is 38.3. The molecule has 19 heteroatoms. The molecule has 0 aromatic carbocycles. The molecule has 0 aliphatic carbocycles. The van der Waals surface area contributed by atoms with E-state index in [1.165, 1.54) is 103 Å². The minimum absolute atomic E-state index is 0.148. The second kappa shape index (κ2) is 50.3. The highest BCUT2D eigenvalue weighted by atomic mass is 16.8. The van der Waals surface area contributed by atoms with E-state index in [1.807, 2.05) is 18.2 Å². The minimum atomic E-state index is -1.99. The Bertz CT molecular complexity index is 1970. The van der Waals surface area contributed by atoms with Gasteiger partial charge in [0.2, 0.25) is 5.91 Å². The van der Waals surface area contributed by atoms with Crippen molar-refractivity contribution in [1.82, 2.24) is 5.32 Å². The van der Waals surface area contributed by atoms with Crippen LogP contribution < -0.4 is 5.32 Å². The fourth-order valence-corrected chi connectivity index (χ4v) is 10.7. The molecule has 3 aliphatic rings. The Morgan fingerprint density at radius 3 is 1.27 bits per heavy atom. The summed E-state index contributed by atoms with van der Waals surface area (Å²) < 4.78 is 34.2. The van der Waals surface area contributed by atoms with Crippen LogP contribution in [0.3, 0.4) is 0 Å². The summed E-state index contributed by atoms with van der Waals surface area (Å²) >= 11 is 0. The Kier molecular flexibility index (Phi) is 45.1. The summed E-state index contributed by atoms with van der Waals surface area (Å²) in [5.74, 6) is -0.350. The van der Waals surface area contributed by atoms with Crippen molar-refractivity contribution in [2.24, 2.45) is 0 Å². The second-order valence-electron chi connectivity index (χ2n) is 23.5. The summed E-state index contributed by atoms with van der Waals surface area (Å²) in [6.45, 7) is 1.53. The van der Waals surface area contributed by atoms with Crippen LogP contribution in [0.25, 0.3) is 0 Å². The third-order valence-electron chi connectivity index (χ3n) is 16.1. The highest BCUT2D eigenvalue weighted by molar-refractivity contribution is 5.76. The lowest BCUT2D eigenvalue weighted by Crippen LogP contribution is -2.66. The molecular weight excluding hydrogens is 1130 g/mol. The molecule has 12 N–H and O–H groups in total. The van der Waals surface area contributed by atoms with Crippen LogP contribution in [0.2, 0.25) is 0 Å². The fourth-order valence-electron chi connectivity index (χ4n) is 10.7. The molecule has 17 unspecified atom stereocenters. The quantitative estimate of drug-likeness (QED) is 0.0202. The Labute approximate surface area is 526 Å². The lowest BCUT2D eigenvalue weighted by Gasteiger charge is -2.48. The van der Waals surface area contributed by atoms with Crippen molar-refractivity contribution in [2.45, 2.75) is 304 Å². The van der Waals surface area contributed by atoms with E-state index in [0.717, 1.165) is 57.8 Å². The number of hydrogen-bond donors (Lipinski definition) is 12. The van der Waals surface area contributed by atoms with Crippen LogP contribution >= 0.6 is 0 Å². The molecule has 506 valence electrons. The van der Waals surface area contributed by atoms with Gasteiger partial charge in [0, 0.05) is 6.42 Å². The lowest BCUT2D eigenvalue weighted by atomic mass is 9.96. The van der Waals surface area contributed by atoms with E-state index in [-0.39, 0.29) is 12.3 Å². The van der Waals surface area contributed by atoms with Gasteiger partial charge in [-0.3, -0.25) is 4.79 Å². The van der Waals surface area contributed by atoms with Crippen molar-refractivity contribution in [3.63, 3.8) is 0 Å². The zero-order chi connectivity index (χ0) is 64.0. The Hall–Kier alpha value is -3.29. The maximum absolute atomic E-state index is 13.3. The van der Waals surface area contributed by atoms with E-state index in [4.69, 9.17) is 28.4 Å². The van der Waals surface area contributed by atoms with Crippen molar-refractivity contribution < 1.29 is 89.4 Å². The van der Waals surface area contributed by atoms with Gasteiger partial charge in [0.1, 0.15) is 73.2 Å². The smallest absolute Gasteiger partial charge is 0.220 e. The zero-order valence-electron chi connectivity index (χ0n) is 53.2. The number of ether oxygens (including phenoxy) is 6. The van der Waals surface area contributed by atoms with Gasteiger partial charge in [-0.2, -0.15) is 0 Å². The number of aliphatic hydroxyl groups is 11. The number of carbonyl (C=O) groups excluding carboxylic acids is 1. The van der Waals surface area contributed by atoms with Crippen LogP contribution in [-0.4, -0.2) is 193 Å². The van der Waals surface area contributed by atoms with Crippen LogP contribution in [0.4, 0.5) is 0 Å². The van der Waals surface area contributed by atoms with Crippen LogP contribution in [0.5, 0.6) is 0 Å². The van der Waals surface area contributed by atoms with Gasteiger partial charge in [-0.15, -0.1) is 0 Å². The third kappa shape index (κ3) is 32.3. The van der Waals surface area contributed by atoms with Gasteiger partial charge in [0.25, 0.3) is 0 Å². The van der Waals surface area contributed by atoms with E-state index in [2.05, 4.69) is 92.1 Å². The van der Waals surface area contributed by atoms with E-state index in [9.17, 15) is 61.0 Å². The fraction of sp³-hybridized carbons (Fsp3) is 0.754. The molecule has 1 amide bonds. The molecule has 0 bridgehead atoms. The molecule has 3 fully saturated rings. The monoisotopic (exact) mass is 1250 g/mol. The summed E-state index contributed by atoms with van der Waals surface area (Å²) in [4.78, 5) is 13.3.